The molecular weight excluding hydrogens is 184 g/mol. The molecule has 0 aromatic rings. The lowest BCUT2D eigenvalue weighted by molar-refractivity contribution is -0.0616. The van der Waals surface area contributed by atoms with Gasteiger partial charge in [-0.2, -0.15) is 0 Å². The van der Waals surface area contributed by atoms with E-state index in [1.807, 2.05) is 0 Å². The third-order valence-electron chi connectivity index (χ3n) is 3.66. The number of rotatable bonds is 4. The predicted octanol–water partition coefficient (Wildman–Crippen LogP) is 3.55. The Morgan fingerprint density at radius 2 is 1.80 bits per heavy atom. The standard InChI is InChI=1S/C14H24O/c1-11(2)14(15,12(3)4)10-13-8-6-5-7-9-13/h5-8,11-13,15H,9-10H2,1-4H3. The maximum Gasteiger partial charge on any atom is 0.0699 e. The van der Waals surface area contributed by atoms with Gasteiger partial charge in [-0.05, 0) is 30.6 Å². The van der Waals surface area contributed by atoms with Crippen LogP contribution in [0, 0.1) is 17.8 Å². The van der Waals surface area contributed by atoms with E-state index in [1.54, 1.807) is 0 Å². The van der Waals surface area contributed by atoms with Crippen LogP contribution in [-0.2, 0) is 0 Å². The molecule has 0 saturated heterocycles. The monoisotopic (exact) mass is 208 g/mol. The summed E-state index contributed by atoms with van der Waals surface area (Å²) in [7, 11) is 0. The number of aliphatic hydroxyl groups is 1. The van der Waals surface area contributed by atoms with Crippen molar-refractivity contribution in [2.75, 3.05) is 0 Å². The fraction of sp³-hybridized carbons (Fsp3) is 0.714. The lowest BCUT2D eigenvalue weighted by Gasteiger charge is -2.38. The van der Waals surface area contributed by atoms with Crippen molar-refractivity contribution in [2.45, 2.75) is 46.1 Å². The van der Waals surface area contributed by atoms with Crippen LogP contribution in [0.3, 0.4) is 0 Å². The molecule has 0 saturated carbocycles. The van der Waals surface area contributed by atoms with Crippen molar-refractivity contribution in [1.82, 2.24) is 0 Å². The topological polar surface area (TPSA) is 20.2 Å². The molecule has 0 heterocycles. The van der Waals surface area contributed by atoms with Crippen LogP contribution < -0.4 is 0 Å². The fourth-order valence-electron chi connectivity index (χ4n) is 2.34. The lowest BCUT2D eigenvalue weighted by Crippen LogP contribution is -2.42. The van der Waals surface area contributed by atoms with E-state index in [0.717, 1.165) is 12.8 Å². The van der Waals surface area contributed by atoms with Gasteiger partial charge in [0.25, 0.3) is 0 Å². The average Bonchev–Trinajstić information content (AvgIpc) is 2.18. The Labute approximate surface area is 93.9 Å². The van der Waals surface area contributed by atoms with Crippen LogP contribution in [0.25, 0.3) is 0 Å². The molecule has 1 heteroatoms. The summed E-state index contributed by atoms with van der Waals surface area (Å²) >= 11 is 0. The lowest BCUT2D eigenvalue weighted by atomic mass is 9.73. The van der Waals surface area contributed by atoms with Crippen LogP contribution in [0.4, 0.5) is 0 Å². The van der Waals surface area contributed by atoms with Gasteiger partial charge in [0.15, 0.2) is 0 Å². The molecule has 1 atom stereocenters. The highest BCUT2D eigenvalue weighted by Crippen LogP contribution is 2.34. The van der Waals surface area contributed by atoms with Gasteiger partial charge >= 0.3 is 0 Å². The molecule has 1 N–H and O–H groups in total. The summed E-state index contributed by atoms with van der Waals surface area (Å²) in [6, 6.07) is 0. The Kier molecular flexibility index (Phi) is 4.15. The summed E-state index contributed by atoms with van der Waals surface area (Å²) in [6.45, 7) is 8.45. The Bertz CT molecular complexity index is 240. The third kappa shape index (κ3) is 2.94. The Morgan fingerprint density at radius 3 is 2.20 bits per heavy atom. The van der Waals surface area contributed by atoms with Gasteiger partial charge in [-0.25, -0.2) is 0 Å². The molecule has 0 spiro atoms. The summed E-state index contributed by atoms with van der Waals surface area (Å²) in [4.78, 5) is 0. The second kappa shape index (κ2) is 4.98. The Morgan fingerprint density at radius 1 is 1.20 bits per heavy atom. The molecule has 1 rings (SSSR count). The maximum absolute atomic E-state index is 10.7. The highest BCUT2D eigenvalue weighted by Gasteiger charge is 2.36. The minimum absolute atomic E-state index is 0.316. The first kappa shape index (κ1) is 12.5. The van der Waals surface area contributed by atoms with Crippen molar-refractivity contribution >= 4 is 0 Å². The Hall–Kier alpha value is -0.560. The normalized spacial score (nSPS) is 21.7. The summed E-state index contributed by atoms with van der Waals surface area (Å²) in [5.74, 6) is 1.14. The molecule has 0 radical (unpaired) electrons. The largest absolute Gasteiger partial charge is 0.389 e. The van der Waals surface area contributed by atoms with Gasteiger partial charge < -0.3 is 5.11 Å². The molecule has 1 unspecified atom stereocenters. The number of hydrogen-bond acceptors (Lipinski definition) is 1. The number of allylic oxidation sites excluding steroid dienone is 4. The van der Waals surface area contributed by atoms with Crippen molar-refractivity contribution in [3.05, 3.63) is 24.3 Å². The van der Waals surface area contributed by atoms with E-state index in [-0.39, 0.29) is 0 Å². The second-order valence-corrected chi connectivity index (χ2v) is 5.31. The molecule has 0 bridgehead atoms. The maximum atomic E-state index is 10.7. The molecule has 1 aliphatic carbocycles. The van der Waals surface area contributed by atoms with Gasteiger partial charge in [-0.1, -0.05) is 52.0 Å². The van der Waals surface area contributed by atoms with E-state index in [1.165, 1.54) is 0 Å². The number of hydrogen-bond donors (Lipinski definition) is 1. The minimum Gasteiger partial charge on any atom is -0.389 e. The molecule has 0 fully saturated rings. The Balaban J connectivity index is 2.67. The van der Waals surface area contributed by atoms with E-state index in [9.17, 15) is 5.11 Å². The molecule has 0 amide bonds. The highest BCUT2D eigenvalue weighted by molar-refractivity contribution is 5.12. The third-order valence-corrected chi connectivity index (χ3v) is 3.66. The molecule has 0 aromatic heterocycles. The highest BCUT2D eigenvalue weighted by atomic mass is 16.3. The molecule has 0 aromatic carbocycles. The van der Waals surface area contributed by atoms with E-state index >= 15 is 0 Å². The van der Waals surface area contributed by atoms with Crippen LogP contribution in [0.2, 0.25) is 0 Å². The first-order chi connectivity index (χ1) is 6.97. The predicted molar refractivity (Wildman–Crippen MR) is 65.6 cm³/mol. The molecule has 1 nitrogen and oxygen atoms in total. The zero-order chi connectivity index (χ0) is 11.5. The average molecular weight is 208 g/mol. The second-order valence-electron chi connectivity index (χ2n) is 5.31. The van der Waals surface area contributed by atoms with Gasteiger partial charge in [-0.3, -0.25) is 0 Å². The van der Waals surface area contributed by atoms with Crippen molar-refractivity contribution in [3.63, 3.8) is 0 Å². The summed E-state index contributed by atoms with van der Waals surface area (Å²) in [6.07, 6.45) is 10.5. The minimum atomic E-state index is -0.528. The summed E-state index contributed by atoms with van der Waals surface area (Å²) in [5, 5.41) is 10.7. The van der Waals surface area contributed by atoms with Gasteiger partial charge in [0.05, 0.1) is 5.60 Å². The van der Waals surface area contributed by atoms with Gasteiger partial charge in [0.2, 0.25) is 0 Å². The van der Waals surface area contributed by atoms with Crippen molar-refractivity contribution in [2.24, 2.45) is 17.8 Å². The SMILES string of the molecule is CC(C)C(O)(CC1C=CC=CC1)C(C)C. The van der Waals surface area contributed by atoms with Crippen molar-refractivity contribution in [3.8, 4) is 0 Å². The summed E-state index contributed by atoms with van der Waals surface area (Å²) < 4.78 is 0. The zero-order valence-corrected chi connectivity index (χ0v) is 10.4. The van der Waals surface area contributed by atoms with E-state index in [2.05, 4.69) is 52.0 Å². The first-order valence-corrected chi connectivity index (χ1v) is 6.02. The molecule has 1 aliphatic rings. The van der Waals surface area contributed by atoms with Gasteiger partial charge in [0.1, 0.15) is 0 Å². The zero-order valence-electron chi connectivity index (χ0n) is 10.4. The molecule has 86 valence electrons. The summed E-state index contributed by atoms with van der Waals surface area (Å²) in [5.41, 5.74) is -0.528. The van der Waals surface area contributed by atoms with Crippen LogP contribution in [0.15, 0.2) is 24.3 Å². The first-order valence-electron chi connectivity index (χ1n) is 6.02. The van der Waals surface area contributed by atoms with Gasteiger partial charge in [0, 0.05) is 0 Å². The molecule has 0 aliphatic heterocycles. The molecular formula is C14H24O. The van der Waals surface area contributed by atoms with Crippen molar-refractivity contribution < 1.29 is 5.11 Å². The smallest absolute Gasteiger partial charge is 0.0699 e. The van der Waals surface area contributed by atoms with Crippen LogP contribution in [0.5, 0.6) is 0 Å². The van der Waals surface area contributed by atoms with Crippen LogP contribution >= 0.6 is 0 Å². The van der Waals surface area contributed by atoms with E-state index < -0.39 is 5.60 Å². The van der Waals surface area contributed by atoms with E-state index in [0.29, 0.717) is 17.8 Å². The van der Waals surface area contributed by atoms with E-state index in [4.69, 9.17) is 0 Å². The van der Waals surface area contributed by atoms with Crippen molar-refractivity contribution in [1.29, 1.82) is 0 Å². The quantitative estimate of drug-likeness (QED) is 0.749. The molecule has 15 heavy (non-hydrogen) atoms. The van der Waals surface area contributed by atoms with Gasteiger partial charge in [-0.15, -0.1) is 0 Å². The fourth-order valence-corrected chi connectivity index (χ4v) is 2.34. The van der Waals surface area contributed by atoms with Crippen LogP contribution in [-0.4, -0.2) is 10.7 Å². The van der Waals surface area contributed by atoms with Crippen LogP contribution in [0.1, 0.15) is 40.5 Å².